The Morgan fingerprint density at radius 2 is 0.974 bits per heavy atom. The average molecular weight is 536 g/mol. The van der Waals surface area contributed by atoms with Gasteiger partial charge in [0, 0.05) is 24.0 Å². The fraction of sp³-hybridized carbons (Fsp3) is 0.971. The van der Waals surface area contributed by atoms with Crippen LogP contribution in [0, 0.1) is 46.8 Å². The van der Waals surface area contributed by atoms with E-state index >= 15 is 0 Å². The standard InChI is InChI=1S/C34H57N5/c35-22-25-21-26(39-30-17-9-7-15-28(30)29-16-8-10-18-31(29)39)19-20-27(25)34-37-32(23-11-3-1-4-12-23)36-33(38-34)24-13-5-2-6-14-24/h23-34,36-38H,1-21H2. The Kier molecular flexibility index (Phi) is 8.56. The van der Waals surface area contributed by atoms with Crippen LogP contribution >= 0.6 is 0 Å². The van der Waals surface area contributed by atoms with Gasteiger partial charge in [-0.25, -0.2) is 0 Å². The Morgan fingerprint density at radius 3 is 1.51 bits per heavy atom. The van der Waals surface area contributed by atoms with E-state index in [2.05, 4.69) is 26.9 Å². The first-order valence-corrected chi connectivity index (χ1v) is 17.8. The van der Waals surface area contributed by atoms with Gasteiger partial charge in [-0.1, -0.05) is 64.2 Å². The summed E-state index contributed by atoms with van der Waals surface area (Å²) in [4.78, 5) is 3.08. The molecule has 2 heterocycles. The van der Waals surface area contributed by atoms with Crippen LogP contribution in [-0.2, 0) is 0 Å². The molecule has 0 aromatic rings. The number of nitrogens with one attached hydrogen (secondary N) is 3. The molecule has 3 N–H and O–H groups in total. The van der Waals surface area contributed by atoms with Gasteiger partial charge in [-0.3, -0.25) is 20.9 Å². The minimum absolute atomic E-state index is 0.176. The minimum Gasteiger partial charge on any atom is -0.294 e. The summed E-state index contributed by atoms with van der Waals surface area (Å²) in [7, 11) is 0. The van der Waals surface area contributed by atoms with Gasteiger partial charge in [-0.15, -0.1) is 0 Å². The van der Waals surface area contributed by atoms with Gasteiger partial charge in [-0.05, 0) is 94.3 Å². The predicted octanol–water partition coefficient (Wildman–Crippen LogP) is 6.65. The topological polar surface area (TPSA) is 63.1 Å². The zero-order chi connectivity index (χ0) is 26.2. The highest BCUT2D eigenvalue weighted by molar-refractivity contribution is 5.08. The summed E-state index contributed by atoms with van der Waals surface area (Å²) < 4.78 is 0. The van der Waals surface area contributed by atoms with Crippen molar-refractivity contribution in [1.82, 2.24) is 20.9 Å². The quantitative estimate of drug-likeness (QED) is 0.376. The number of hydrogen-bond acceptors (Lipinski definition) is 5. The first kappa shape index (κ1) is 27.2. The molecule has 0 radical (unpaired) electrons. The number of nitrogens with zero attached hydrogens (tertiary/aromatic N) is 2. The molecule has 5 saturated carbocycles. The van der Waals surface area contributed by atoms with Crippen LogP contribution in [0.4, 0.5) is 0 Å². The van der Waals surface area contributed by atoms with Gasteiger partial charge in [-0.2, -0.15) is 5.26 Å². The van der Waals surface area contributed by atoms with Gasteiger partial charge < -0.3 is 0 Å². The normalized spacial score (nSPS) is 46.7. The molecule has 0 bridgehead atoms. The third-order valence-electron chi connectivity index (χ3n) is 13.1. The van der Waals surface area contributed by atoms with E-state index in [9.17, 15) is 5.26 Å². The first-order chi connectivity index (χ1) is 19.3. The van der Waals surface area contributed by atoms with Crippen LogP contribution in [0.5, 0.6) is 0 Å². The molecule has 7 aliphatic rings. The van der Waals surface area contributed by atoms with Crippen LogP contribution in [0.15, 0.2) is 0 Å². The van der Waals surface area contributed by atoms with E-state index in [0.29, 0.717) is 30.5 Å². The second kappa shape index (κ2) is 12.3. The fourth-order valence-corrected chi connectivity index (χ4v) is 11.2. The van der Waals surface area contributed by atoms with Crippen molar-refractivity contribution in [1.29, 1.82) is 5.26 Å². The van der Waals surface area contributed by atoms with Crippen molar-refractivity contribution in [3.63, 3.8) is 0 Å². The highest BCUT2D eigenvalue weighted by Crippen LogP contribution is 2.52. The third-order valence-corrected chi connectivity index (χ3v) is 13.1. The Labute approximate surface area is 239 Å². The molecule has 5 nitrogen and oxygen atoms in total. The van der Waals surface area contributed by atoms with Crippen molar-refractivity contribution in [3.8, 4) is 6.07 Å². The zero-order valence-corrected chi connectivity index (χ0v) is 24.7. The van der Waals surface area contributed by atoms with Crippen LogP contribution in [0.3, 0.4) is 0 Å². The Balaban J connectivity index is 1.07. The van der Waals surface area contributed by atoms with Gasteiger partial charge in [0.15, 0.2) is 0 Å². The number of fused-ring (bicyclic) bond motifs is 3. The molecule has 0 spiro atoms. The van der Waals surface area contributed by atoms with E-state index in [4.69, 9.17) is 0 Å². The molecule has 9 unspecified atom stereocenters. The summed E-state index contributed by atoms with van der Waals surface area (Å²) in [5, 5.41) is 22.9. The lowest BCUT2D eigenvalue weighted by molar-refractivity contribution is 0.0131. The summed E-state index contributed by atoms with van der Waals surface area (Å²) in [5.74, 6) is 4.04. The van der Waals surface area contributed by atoms with Gasteiger partial charge in [0.1, 0.15) is 0 Å². The van der Waals surface area contributed by atoms with Crippen LogP contribution in [-0.4, -0.2) is 41.5 Å². The molecule has 5 heteroatoms. The van der Waals surface area contributed by atoms with Crippen molar-refractivity contribution in [3.05, 3.63) is 0 Å². The second-order valence-corrected chi connectivity index (χ2v) is 15.1. The van der Waals surface area contributed by atoms with E-state index in [-0.39, 0.29) is 5.92 Å². The van der Waals surface area contributed by atoms with E-state index in [0.717, 1.165) is 42.2 Å². The average Bonchev–Trinajstić information content (AvgIpc) is 3.36. The Hall–Kier alpha value is -0.670. The zero-order valence-electron chi connectivity index (χ0n) is 24.7. The summed E-state index contributed by atoms with van der Waals surface area (Å²) in [6, 6.07) is 5.21. The van der Waals surface area contributed by atoms with Crippen LogP contribution in [0.2, 0.25) is 0 Å². The van der Waals surface area contributed by atoms with Crippen molar-refractivity contribution < 1.29 is 0 Å². The summed E-state index contributed by atoms with van der Waals surface area (Å²) in [6.07, 6.45) is 30.2. The maximum Gasteiger partial charge on any atom is 0.0660 e. The maximum atomic E-state index is 10.6. The SMILES string of the molecule is N#CC1CC(N2C3CCCCC3C3CCCCC32)CCC1C1NC(C2CCCCC2)NC(C2CCCCC2)N1. The monoisotopic (exact) mass is 535 g/mol. The van der Waals surface area contributed by atoms with Crippen LogP contribution in [0.25, 0.3) is 0 Å². The molecule has 218 valence electrons. The largest absolute Gasteiger partial charge is 0.294 e. The van der Waals surface area contributed by atoms with Crippen LogP contribution in [0.1, 0.15) is 135 Å². The predicted molar refractivity (Wildman–Crippen MR) is 157 cm³/mol. The second-order valence-electron chi connectivity index (χ2n) is 15.1. The lowest BCUT2D eigenvalue weighted by atomic mass is 9.73. The molecular weight excluding hydrogens is 478 g/mol. The van der Waals surface area contributed by atoms with Gasteiger partial charge in [0.05, 0.1) is 30.5 Å². The smallest absolute Gasteiger partial charge is 0.0660 e. The number of hydrogen-bond donors (Lipinski definition) is 3. The highest BCUT2D eigenvalue weighted by Gasteiger charge is 2.53. The number of nitriles is 1. The Bertz CT molecular complexity index is 795. The lowest BCUT2D eigenvalue weighted by Crippen LogP contribution is -2.73. The number of likely N-dealkylation sites (tertiary alicyclic amines) is 1. The van der Waals surface area contributed by atoms with Crippen molar-refractivity contribution in [2.24, 2.45) is 35.5 Å². The van der Waals surface area contributed by atoms with E-state index in [1.165, 1.54) is 128 Å². The van der Waals surface area contributed by atoms with Crippen molar-refractivity contribution in [2.75, 3.05) is 0 Å². The van der Waals surface area contributed by atoms with Crippen LogP contribution < -0.4 is 16.0 Å². The molecule has 2 aliphatic heterocycles. The lowest BCUT2D eigenvalue weighted by Gasteiger charge is -2.51. The van der Waals surface area contributed by atoms with E-state index in [1.807, 2.05) is 0 Å². The Morgan fingerprint density at radius 1 is 0.487 bits per heavy atom. The molecule has 39 heavy (non-hydrogen) atoms. The number of rotatable bonds is 4. The molecule has 0 amide bonds. The maximum absolute atomic E-state index is 10.6. The van der Waals surface area contributed by atoms with E-state index < -0.39 is 0 Å². The highest BCUT2D eigenvalue weighted by atomic mass is 15.4. The minimum atomic E-state index is 0.176. The molecule has 0 aromatic heterocycles. The molecule has 0 aromatic carbocycles. The third kappa shape index (κ3) is 5.47. The molecular formula is C34H57N5. The summed E-state index contributed by atoms with van der Waals surface area (Å²) >= 11 is 0. The molecule has 9 atom stereocenters. The van der Waals surface area contributed by atoms with Crippen molar-refractivity contribution in [2.45, 2.75) is 171 Å². The van der Waals surface area contributed by atoms with Gasteiger partial charge in [0.25, 0.3) is 0 Å². The van der Waals surface area contributed by atoms with Crippen molar-refractivity contribution >= 4 is 0 Å². The summed E-state index contributed by atoms with van der Waals surface area (Å²) in [6.45, 7) is 0. The van der Waals surface area contributed by atoms with Gasteiger partial charge in [0.2, 0.25) is 0 Å². The molecule has 7 fully saturated rings. The fourth-order valence-electron chi connectivity index (χ4n) is 11.2. The molecule has 2 saturated heterocycles. The molecule has 5 aliphatic carbocycles. The van der Waals surface area contributed by atoms with Gasteiger partial charge >= 0.3 is 0 Å². The van der Waals surface area contributed by atoms with E-state index in [1.54, 1.807) is 0 Å². The molecule has 7 rings (SSSR count). The first-order valence-electron chi connectivity index (χ1n) is 17.8. The summed E-state index contributed by atoms with van der Waals surface area (Å²) in [5.41, 5.74) is 0.